The highest BCUT2D eigenvalue weighted by Crippen LogP contribution is 2.23. The Labute approximate surface area is 131 Å². The summed E-state index contributed by atoms with van der Waals surface area (Å²) in [6.07, 6.45) is 1.23. The lowest BCUT2D eigenvalue weighted by molar-refractivity contribution is 0.242. The minimum atomic E-state index is 0.403. The lowest BCUT2D eigenvalue weighted by Crippen LogP contribution is -2.39. The van der Waals surface area contributed by atoms with Gasteiger partial charge in [-0.3, -0.25) is 0 Å². The van der Waals surface area contributed by atoms with Crippen LogP contribution in [0.2, 0.25) is 0 Å². The molecule has 1 N–H and O–H groups in total. The molecule has 0 spiro atoms. The van der Waals surface area contributed by atoms with Gasteiger partial charge in [0.15, 0.2) is 0 Å². The van der Waals surface area contributed by atoms with E-state index in [9.17, 15) is 0 Å². The van der Waals surface area contributed by atoms with E-state index in [1.165, 1.54) is 28.7 Å². The molecule has 0 saturated heterocycles. The van der Waals surface area contributed by atoms with Gasteiger partial charge in [-0.05, 0) is 70.8 Å². The van der Waals surface area contributed by atoms with E-state index in [0.29, 0.717) is 12.1 Å². The van der Waals surface area contributed by atoms with E-state index in [4.69, 9.17) is 0 Å². The smallest absolute Gasteiger partial charge is 0.0297 e. The van der Waals surface area contributed by atoms with Gasteiger partial charge in [0.1, 0.15) is 0 Å². The number of hydrogen-bond acceptors (Lipinski definition) is 2. The van der Waals surface area contributed by atoms with E-state index in [1.807, 2.05) is 0 Å². The van der Waals surface area contributed by atoms with Gasteiger partial charge in [-0.2, -0.15) is 0 Å². The SMILES string of the molecule is Cc1cc(C)c(C(C)NCC(CC(C)C)N(C)C)c(C)c1. The quantitative estimate of drug-likeness (QED) is 0.808. The Morgan fingerprint density at radius 1 is 1.00 bits per heavy atom. The minimum Gasteiger partial charge on any atom is -0.309 e. The molecule has 1 aromatic rings. The molecule has 0 heterocycles. The fourth-order valence-electron chi connectivity index (χ4n) is 3.31. The van der Waals surface area contributed by atoms with Gasteiger partial charge in [0.25, 0.3) is 0 Å². The van der Waals surface area contributed by atoms with Crippen LogP contribution in [0, 0.1) is 26.7 Å². The van der Waals surface area contributed by atoms with E-state index in [2.05, 4.69) is 78.0 Å². The molecule has 0 aliphatic rings. The monoisotopic (exact) mass is 290 g/mol. The zero-order valence-electron chi connectivity index (χ0n) is 15.2. The van der Waals surface area contributed by atoms with Crippen molar-refractivity contribution in [2.75, 3.05) is 20.6 Å². The lowest BCUT2D eigenvalue weighted by atomic mass is 9.94. The molecule has 0 aromatic heterocycles. The third-order valence-corrected chi connectivity index (χ3v) is 4.30. The van der Waals surface area contributed by atoms with Crippen LogP contribution in [0.25, 0.3) is 0 Å². The maximum absolute atomic E-state index is 3.75. The molecule has 0 radical (unpaired) electrons. The van der Waals surface area contributed by atoms with Gasteiger partial charge < -0.3 is 10.2 Å². The first-order chi connectivity index (χ1) is 9.72. The predicted molar refractivity (Wildman–Crippen MR) is 94.0 cm³/mol. The molecule has 0 saturated carbocycles. The first-order valence-electron chi connectivity index (χ1n) is 8.20. The van der Waals surface area contributed by atoms with E-state index in [1.54, 1.807) is 0 Å². The summed E-state index contributed by atoms with van der Waals surface area (Å²) in [6.45, 7) is 14.6. The summed E-state index contributed by atoms with van der Waals surface area (Å²) < 4.78 is 0. The minimum absolute atomic E-state index is 0.403. The predicted octanol–water partition coefficient (Wildman–Crippen LogP) is 4.24. The van der Waals surface area contributed by atoms with E-state index >= 15 is 0 Å². The topological polar surface area (TPSA) is 15.3 Å². The third-order valence-electron chi connectivity index (χ3n) is 4.30. The first kappa shape index (κ1) is 18.2. The molecular weight excluding hydrogens is 256 g/mol. The van der Waals surface area contributed by atoms with Crippen molar-refractivity contribution >= 4 is 0 Å². The Balaban J connectivity index is 2.75. The van der Waals surface area contributed by atoms with Crippen molar-refractivity contribution in [3.63, 3.8) is 0 Å². The van der Waals surface area contributed by atoms with Gasteiger partial charge in [-0.25, -0.2) is 0 Å². The van der Waals surface area contributed by atoms with Crippen LogP contribution in [0.5, 0.6) is 0 Å². The van der Waals surface area contributed by atoms with Gasteiger partial charge in [0.2, 0.25) is 0 Å². The molecule has 0 aliphatic carbocycles. The molecule has 1 rings (SSSR count). The Hall–Kier alpha value is -0.860. The lowest BCUT2D eigenvalue weighted by Gasteiger charge is -2.29. The molecule has 2 heteroatoms. The summed E-state index contributed by atoms with van der Waals surface area (Å²) in [5.41, 5.74) is 5.62. The molecule has 1 aromatic carbocycles. The summed E-state index contributed by atoms with van der Waals surface area (Å²) in [4.78, 5) is 2.34. The van der Waals surface area contributed by atoms with Gasteiger partial charge >= 0.3 is 0 Å². The number of hydrogen-bond donors (Lipinski definition) is 1. The van der Waals surface area contributed by atoms with E-state index in [0.717, 1.165) is 12.5 Å². The summed E-state index contributed by atoms with van der Waals surface area (Å²) in [5.74, 6) is 0.734. The van der Waals surface area contributed by atoms with Crippen molar-refractivity contribution in [2.24, 2.45) is 5.92 Å². The standard InChI is InChI=1S/C19H34N2/c1-13(2)9-18(21(7)8)12-20-17(6)19-15(4)10-14(3)11-16(19)5/h10-11,13,17-18,20H,9,12H2,1-8H3. The number of rotatable bonds is 7. The second-order valence-electron chi connectivity index (χ2n) is 7.19. The van der Waals surface area contributed by atoms with E-state index < -0.39 is 0 Å². The highest BCUT2D eigenvalue weighted by molar-refractivity contribution is 5.39. The molecule has 120 valence electrons. The fraction of sp³-hybridized carbons (Fsp3) is 0.684. The Morgan fingerprint density at radius 2 is 1.52 bits per heavy atom. The zero-order chi connectivity index (χ0) is 16.2. The van der Waals surface area contributed by atoms with Crippen LogP contribution in [0.3, 0.4) is 0 Å². The molecule has 2 unspecified atom stereocenters. The van der Waals surface area contributed by atoms with Gasteiger partial charge in [0.05, 0.1) is 0 Å². The second kappa shape index (κ2) is 7.95. The van der Waals surface area contributed by atoms with Crippen molar-refractivity contribution < 1.29 is 0 Å². The number of likely N-dealkylation sites (N-methyl/N-ethyl adjacent to an activating group) is 1. The maximum atomic E-state index is 3.75. The number of benzene rings is 1. The van der Waals surface area contributed by atoms with Crippen LogP contribution in [0.15, 0.2) is 12.1 Å². The summed E-state index contributed by atoms with van der Waals surface area (Å²) in [5, 5.41) is 3.75. The van der Waals surface area contributed by atoms with Crippen LogP contribution in [0.4, 0.5) is 0 Å². The van der Waals surface area contributed by atoms with Crippen molar-refractivity contribution in [1.82, 2.24) is 10.2 Å². The van der Waals surface area contributed by atoms with E-state index in [-0.39, 0.29) is 0 Å². The molecule has 2 nitrogen and oxygen atoms in total. The van der Waals surface area contributed by atoms with Gasteiger partial charge in [-0.1, -0.05) is 31.5 Å². The highest BCUT2D eigenvalue weighted by Gasteiger charge is 2.16. The Kier molecular flexibility index (Phi) is 6.89. The molecule has 0 aliphatic heterocycles. The zero-order valence-corrected chi connectivity index (χ0v) is 15.2. The molecule has 0 fully saturated rings. The molecule has 21 heavy (non-hydrogen) atoms. The summed E-state index contributed by atoms with van der Waals surface area (Å²) >= 11 is 0. The highest BCUT2D eigenvalue weighted by atomic mass is 15.1. The fourth-order valence-corrected chi connectivity index (χ4v) is 3.31. The largest absolute Gasteiger partial charge is 0.309 e. The van der Waals surface area contributed by atoms with Gasteiger partial charge in [-0.15, -0.1) is 0 Å². The molecular formula is C19H34N2. The van der Waals surface area contributed by atoms with Gasteiger partial charge in [0, 0.05) is 18.6 Å². The molecule has 0 amide bonds. The van der Waals surface area contributed by atoms with Crippen LogP contribution in [0.1, 0.15) is 55.5 Å². The van der Waals surface area contributed by atoms with Crippen LogP contribution in [-0.2, 0) is 0 Å². The average molecular weight is 290 g/mol. The van der Waals surface area contributed by atoms with Crippen LogP contribution < -0.4 is 5.32 Å². The van der Waals surface area contributed by atoms with Crippen molar-refractivity contribution in [1.29, 1.82) is 0 Å². The first-order valence-corrected chi connectivity index (χ1v) is 8.20. The average Bonchev–Trinajstić information content (AvgIpc) is 2.32. The summed E-state index contributed by atoms with van der Waals surface area (Å²) in [6, 6.07) is 5.58. The molecule has 2 atom stereocenters. The number of aryl methyl sites for hydroxylation is 3. The number of nitrogens with zero attached hydrogens (tertiary/aromatic N) is 1. The van der Waals surface area contributed by atoms with Crippen molar-refractivity contribution in [3.05, 3.63) is 34.4 Å². The Bertz CT molecular complexity index is 426. The van der Waals surface area contributed by atoms with Crippen LogP contribution in [-0.4, -0.2) is 31.6 Å². The third kappa shape index (κ3) is 5.44. The number of nitrogens with one attached hydrogen (secondary N) is 1. The normalized spacial score (nSPS) is 14.8. The van der Waals surface area contributed by atoms with Crippen LogP contribution >= 0.6 is 0 Å². The van der Waals surface area contributed by atoms with Crippen molar-refractivity contribution in [3.8, 4) is 0 Å². The maximum Gasteiger partial charge on any atom is 0.0297 e. The Morgan fingerprint density at radius 3 is 1.95 bits per heavy atom. The molecule has 0 bridgehead atoms. The van der Waals surface area contributed by atoms with Crippen molar-refractivity contribution in [2.45, 2.75) is 60.0 Å². The summed E-state index contributed by atoms with van der Waals surface area (Å²) in [7, 11) is 4.36. The second-order valence-corrected chi connectivity index (χ2v) is 7.19.